The molecule has 0 aromatic rings. The summed E-state index contributed by atoms with van der Waals surface area (Å²) in [6.45, 7) is 6.69. The van der Waals surface area contributed by atoms with E-state index in [0.717, 1.165) is 23.5 Å². The molecule has 6 nitrogen and oxygen atoms in total. The van der Waals surface area contributed by atoms with Crippen molar-refractivity contribution in [2.45, 2.75) is 39.2 Å². The molecule has 0 saturated heterocycles. The van der Waals surface area contributed by atoms with E-state index in [0.29, 0.717) is 13.2 Å². The van der Waals surface area contributed by atoms with Crippen LogP contribution < -0.4 is 5.73 Å². The number of carbonyl (C=O) groups is 2. The molecule has 0 atom stereocenters. The van der Waals surface area contributed by atoms with Crippen LogP contribution in [0.15, 0.2) is 0 Å². The first kappa shape index (κ1) is 21.8. The second kappa shape index (κ2) is 12.3. The number of hydrogen-bond acceptors (Lipinski definition) is 3. The number of nitrogens with two attached hydrogens (primary N) is 1. The number of alkyl halides is 2. The Bertz CT molecular complexity index is 283. The first-order chi connectivity index (χ1) is 9.16. The predicted molar refractivity (Wildman–Crippen MR) is 86.8 cm³/mol. The normalized spacial score (nSPS) is 10.2. The van der Waals surface area contributed by atoms with E-state index >= 15 is 0 Å². The molecule has 0 rings (SSSR count). The smallest absolute Gasteiger partial charge is 0.407 e. The molecule has 0 fully saturated rings. The van der Waals surface area contributed by atoms with Crippen molar-refractivity contribution >= 4 is 44.0 Å². The van der Waals surface area contributed by atoms with Gasteiger partial charge in [0.15, 0.2) is 0 Å². The number of halogens is 2. The Morgan fingerprint density at radius 1 is 1.20 bits per heavy atom. The lowest BCUT2D eigenvalue weighted by Gasteiger charge is -2.32. The molecule has 20 heavy (non-hydrogen) atoms. The van der Waals surface area contributed by atoms with Gasteiger partial charge in [-0.2, -0.15) is 0 Å². The number of carbonyl (C=O) groups excluding carboxylic acids is 1. The Morgan fingerprint density at radius 3 is 2.00 bits per heavy atom. The van der Waals surface area contributed by atoms with E-state index in [2.05, 4.69) is 42.3 Å². The summed E-state index contributed by atoms with van der Waals surface area (Å²) in [5.74, 6) is 0. The van der Waals surface area contributed by atoms with Crippen molar-refractivity contribution in [1.29, 1.82) is 0 Å². The van der Waals surface area contributed by atoms with Gasteiger partial charge in [0.2, 0.25) is 0 Å². The molecule has 0 aliphatic carbocycles. The predicted octanol–water partition coefficient (Wildman–Crippen LogP) is 3.42. The quantitative estimate of drug-likeness (QED) is 0.509. The third-order valence-corrected chi connectivity index (χ3v) is 3.20. The van der Waals surface area contributed by atoms with Crippen LogP contribution in [0.5, 0.6) is 0 Å². The third-order valence-electron chi connectivity index (χ3n) is 2.08. The Morgan fingerprint density at radius 2 is 1.70 bits per heavy atom. The summed E-state index contributed by atoms with van der Waals surface area (Å²) in [6.07, 6.45) is 0.112. The molecule has 0 radical (unpaired) electrons. The molecule has 0 heterocycles. The van der Waals surface area contributed by atoms with Gasteiger partial charge in [0.25, 0.3) is 0 Å². The Kier molecular flexibility index (Phi) is 13.4. The maximum absolute atomic E-state index is 10.8. The second-order valence-corrected chi connectivity index (χ2v) is 6.44. The lowest BCUT2D eigenvalue weighted by molar-refractivity contribution is 0.101. The monoisotopic (exact) mass is 418 g/mol. The van der Waals surface area contributed by atoms with Crippen LogP contribution in [0.3, 0.4) is 0 Å². The largest absolute Gasteiger partial charge is 0.465 e. The van der Waals surface area contributed by atoms with Crippen LogP contribution in [0, 0.1) is 0 Å². The van der Waals surface area contributed by atoms with Crippen molar-refractivity contribution in [2.75, 3.05) is 23.8 Å². The number of carboxylic acid groups (broad SMARTS) is 1. The van der Waals surface area contributed by atoms with Gasteiger partial charge < -0.3 is 20.5 Å². The van der Waals surface area contributed by atoms with Gasteiger partial charge in [0.1, 0.15) is 0 Å². The number of ether oxygens (including phenoxy) is 1. The van der Waals surface area contributed by atoms with Crippen LogP contribution in [-0.2, 0) is 4.74 Å². The highest BCUT2D eigenvalue weighted by molar-refractivity contribution is 9.09. The van der Waals surface area contributed by atoms with Crippen molar-refractivity contribution in [1.82, 2.24) is 4.90 Å². The van der Waals surface area contributed by atoms with Crippen LogP contribution in [0.4, 0.5) is 9.59 Å². The maximum Gasteiger partial charge on any atom is 0.407 e. The molecule has 120 valence electrons. The number of amides is 2. The van der Waals surface area contributed by atoms with Crippen LogP contribution in [0.2, 0.25) is 0 Å². The van der Waals surface area contributed by atoms with Gasteiger partial charge in [-0.25, -0.2) is 9.59 Å². The molecule has 0 aliphatic heterocycles. The van der Waals surface area contributed by atoms with E-state index in [1.165, 1.54) is 4.90 Å². The first-order valence-corrected chi connectivity index (χ1v) is 8.45. The van der Waals surface area contributed by atoms with E-state index in [-0.39, 0.29) is 5.54 Å². The molecule has 0 spiro atoms. The summed E-state index contributed by atoms with van der Waals surface area (Å²) in [6, 6.07) is 0. The molecule has 0 bridgehead atoms. The summed E-state index contributed by atoms with van der Waals surface area (Å²) in [4.78, 5) is 22.1. The van der Waals surface area contributed by atoms with Gasteiger partial charge in [-0.3, -0.25) is 0 Å². The minimum atomic E-state index is -0.844. The summed E-state index contributed by atoms with van der Waals surface area (Å²) < 4.78 is 4.39. The molecule has 3 N–H and O–H groups in total. The lowest BCUT2D eigenvalue weighted by Crippen LogP contribution is -2.45. The zero-order chi connectivity index (χ0) is 16.2. The average Bonchev–Trinajstić information content (AvgIpc) is 2.28. The van der Waals surface area contributed by atoms with Crippen molar-refractivity contribution < 1.29 is 19.4 Å². The summed E-state index contributed by atoms with van der Waals surface area (Å²) in [7, 11) is 0. The second-order valence-electron chi connectivity index (χ2n) is 4.86. The third kappa shape index (κ3) is 13.9. The number of rotatable bonds is 6. The van der Waals surface area contributed by atoms with E-state index in [9.17, 15) is 9.59 Å². The SMILES string of the molecule is CC(C)(C)N(CCCBr)C(=O)O.NC(=O)OCCCBr. The number of primary amides is 1. The van der Waals surface area contributed by atoms with Crippen molar-refractivity contribution in [3.63, 3.8) is 0 Å². The zero-order valence-electron chi connectivity index (χ0n) is 12.2. The number of nitrogens with zero attached hydrogens (tertiary/aromatic N) is 1. The molecule has 0 unspecified atom stereocenters. The van der Waals surface area contributed by atoms with Crippen LogP contribution in [0.1, 0.15) is 33.6 Å². The maximum atomic E-state index is 10.8. The molecular formula is C12H24Br2N2O4. The fraction of sp³-hybridized carbons (Fsp3) is 0.833. The van der Waals surface area contributed by atoms with Crippen LogP contribution in [-0.4, -0.2) is 51.5 Å². The highest BCUT2D eigenvalue weighted by Crippen LogP contribution is 2.13. The van der Waals surface area contributed by atoms with Gasteiger partial charge in [-0.05, 0) is 33.6 Å². The van der Waals surface area contributed by atoms with E-state index in [4.69, 9.17) is 5.11 Å². The zero-order valence-corrected chi connectivity index (χ0v) is 15.4. The Hall–Kier alpha value is -0.500. The van der Waals surface area contributed by atoms with Crippen molar-refractivity contribution in [3.05, 3.63) is 0 Å². The summed E-state index contributed by atoms with van der Waals surface area (Å²) in [5, 5.41) is 10.5. The minimum absolute atomic E-state index is 0.298. The lowest BCUT2D eigenvalue weighted by atomic mass is 10.1. The molecule has 8 heteroatoms. The van der Waals surface area contributed by atoms with E-state index in [1.54, 1.807) is 0 Å². The van der Waals surface area contributed by atoms with Gasteiger partial charge in [-0.15, -0.1) is 0 Å². The van der Waals surface area contributed by atoms with E-state index < -0.39 is 12.2 Å². The first-order valence-electron chi connectivity index (χ1n) is 6.21. The fourth-order valence-electron chi connectivity index (χ4n) is 1.16. The standard InChI is InChI=1S/C8H16BrNO2.C4H8BrNO2/c1-8(2,3)10(7(11)12)6-4-5-9;5-2-1-3-8-4(6)7/h4-6H2,1-3H3,(H,11,12);1-3H2,(H2,6,7). The Labute approximate surface area is 137 Å². The molecule has 0 aromatic heterocycles. The topological polar surface area (TPSA) is 92.9 Å². The highest BCUT2D eigenvalue weighted by atomic mass is 79.9. The average molecular weight is 420 g/mol. The van der Waals surface area contributed by atoms with Crippen molar-refractivity contribution in [2.24, 2.45) is 5.73 Å². The summed E-state index contributed by atoms with van der Waals surface area (Å²) in [5.41, 5.74) is 4.36. The van der Waals surface area contributed by atoms with Gasteiger partial charge in [0, 0.05) is 22.7 Å². The highest BCUT2D eigenvalue weighted by Gasteiger charge is 2.24. The molecule has 0 saturated carbocycles. The van der Waals surface area contributed by atoms with Crippen LogP contribution in [0.25, 0.3) is 0 Å². The molecule has 2 amide bonds. The molecule has 0 aromatic carbocycles. The van der Waals surface area contributed by atoms with Gasteiger partial charge in [0.05, 0.1) is 6.61 Å². The van der Waals surface area contributed by atoms with E-state index in [1.807, 2.05) is 20.8 Å². The number of hydrogen-bond donors (Lipinski definition) is 2. The minimum Gasteiger partial charge on any atom is -0.465 e. The van der Waals surface area contributed by atoms with Crippen LogP contribution >= 0.6 is 31.9 Å². The molecular weight excluding hydrogens is 396 g/mol. The van der Waals surface area contributed by atoms with Crippen molar-refractivity contribution in [3.8, 4) is 0 Å². The van der Waals surface area contributed by atoms with Gasteiger partial charge >= 0.3 is 12.2 Å². The van der Waals surface area contributed by atoms with Gasteiger partial charge in [-0.1, -0.05) is 31.9 Å². The fourth-order valence-corrected chi connectivity index (χ4v) is 1.64. The Balaban J connectivity index is 0. The summed E-state index contributed by atoms with van der Waals surface area (Å²) >= 11 is 6.44. The molecule has 0 aliphatic rings.